The van der Waals surface area contributed by atoms with Gasteiger partial charge in [0.1, 0.15) is 0 Å². The summed E-state index contributed by atoms with van der Waals surface area (Å²) >= 11 is 0. The number of hydrogen-bond acceptors (Lipinski definition) is 3. The number of nitrogens with one attached hydrogen (secondary N) is 3. The molecule has 0 saturated heterocycles. The van der Waals surface area contributed by atoms with E-state index >= 15 is 0 Å². The number of hydrogen-bond donors (Lipinski definition) is 3. The second-order valence-corrected chi connectivity index (χ2v) is 6.72. The number of aryl methyl sites for hydroxylation is 3. The van der Waals surface area contributed by atoms with E-state index in [0.717, 1.165) is 44.2 Å². The Labute approximate surface area is 135 Å². The molecule has 0 bridgehead atoms. The molecule has 3 N–H and O–H groups in total. The van der Waals surface area contributed by atoms with E-state index in [0.29, 0.717) is 6.42 Å². The molecule has 0 saturated carbocycles. The number of rotatable bonds is 4. The highest BCUT2D eigenvalue weighted by atomic mass is 16.1. The van der Waals surface area contributed by atoms with E-state index in [9.17, 15) is 4.79 Å². The van der Waals surface area contributed by atoms with E-state index in [4.69, 9.17) is 0 Å². The minimum atomic E-state index is 0.130. The normalized spacial score (nSPS) is 19.9. The van der Waals surface area contributed by atoms with Gasteiger partial charge in [-0.15, -0.1) is 0 Å². The van der Waals surface area contributed by atoms with Gasteiger partial charge in [-0.3, -0.25) is 15.0 Å². The second-order valence-electron chi connectivity index (χ2n) is 6.72. The van der Waals surface area contributed by atoms with E-state index in [1.54, 1.807) is 0 Å². The van der Waals surface area contributed by atoms with Crippen LogP contribution in [-0.4, -0.2) is 32.3 Å². The van der Waals surface area contributed by atoms with Crippen molar-refractivity contribution in [2.45, 2.75) is 63.8 Å². The molecular weight excluding hydrogens is 290 g/mol. The van der Waals surface area contributed by atoms with Crippen molar-refractivity contribution >= 4 is 5.91 Å². The maximum Gasteiger partial charge on any atom is 0.220 e. The van der Waals surface area contributed by atoms with Crippen LogP contribution in [0.5, 0.6) is 0 Å². The van der Waals surface area contributed by atoms with Crippen molar-refractivity contribution in [3.05, 3.63) is 34.4 Å². The second kappa shape index (κ2) is 6.18. The number of H-pyrrole nitrogens is 2. The molecule has 4 rings (SSSR count). The average molecular weight is 313 g/mol. The number of carbonyl (C=O) groups excluding carboxylic acids is 1. The molecule has 2 heterocycles. The maximum atomic E-state index is 12.2. The number of carbonyl (C=O) groups is 1. The number of fused-ring (bicyclic) bond motifs is 2. The fourth-order valence-electron chi connectivity index (χ4n) is 3.82. The van der Waals surface area contributed by atoms with Gasteiger partial charge in [-0.05, 0) is 49.7 Å². The van der Waals surface area contributed by atoms with E-state index < -0.39 is 0 Å². The zero-order chi connectivity index (χ0) is 15.6. The minimum Gasteiger partial charge on any atom is -0.353 e. The third-order valence-corrected chi connectivity index (χ3v) is 5.12. The van der Waals surface area contributed by atoms with Gasteiger partial charge in [-0.25, -0.2) is 0 Å². The first-order valence-electron chi connectivity index (χ1n) is 8.65. The summed E-state index contributed by atoms with van der Waals surface area (Å²) in [5.41, 5.74) is 6.20. The number of nitrogens with zero attached hydrogens (tertiary/aromatic N) is 2. The van der Waals surface area contributed by atoms with E-state index in [1.165, 1.54) is 35.4 Å². The van der Waals surface area contributed by atoms with Gasteiger partial charge in [0.2, 0.25) is 5.91 Å². The SMILES string of the molecule is O=C(CCc1n[nH]c2c1CCCC2)NC1CCc2cn[nH]c2C1. The monoisotopic (exact) mass is 313 g/mol. The molecule has 0 radical (unpaired) electrons. The van der Waals surface area contributed by atoms with Gasteiger partial charge in [0, 0.05) is 36.7 Å². The highest BCUT2D eigenvalue weighted by molar-refractivity contribution is 5.76. The molecule has 0 spiro atoms. The van der Waals surface area contributed by atoms with Gasteiger partial charge >= 0.3 is 0 Å². The molecule has 122 valence electrons. The molecule has 23 heavy (non-hydrogen) atoms. The van der Waals surface area contributed by atoms with Gasteiger partial charge in [0.05, 0.1) is 11.9 Å². The molecule has 2 aliphatic carbocycles. The lowest BCUT2D eigenvalue weighted by Gasteiger charge is -2.22. The predicted octanol–water partition coefficient (Wildman–Crippen LogP) is 1.62. The first-order valence-corrected chi connectivity index (χ1v) is 8.65. The van der Waals surface area contributed by atoms with Crippen molar-refractivity contribution < 1.29 is 4.79 Å². The first-order chi connectivity index (χ1) is 11.3. The van der Waals surface area contributed by atoms with Crippen molar-refractivity contribution in [1.29, 1.82) is 0 Å². The molecule has 0 fully saturated rings. The summed E-state index contributed by atoms with van der Waals surface area (Å²) in [4.78, 5) is 12.2. The Balaban J connectivity index is 1.30. The van der Waals surface area contributed by atoms with Crippen LogP contribution in [0, 0.1) is 0 Å². The fourth-order valence-corrected chi connectivity index (χ4v) is 3.82. The molecule has 2 aliphatic rings. The lowest BCUT2D eigenvalue weighted by atomic mass is 9.93. The summed E-state index contributed by atoms with van der Waals surface area (Å²) < 4.78 is 0. The quantitative estimate of drug-likeness (QED) is 0.801. The Morgan fingerprint density at radius 3 is 3.09 bits per heavy atom. The summed E-state index contributed by atoms with van der Waals surface area (Å²) in [5.74, 6) is 0.130. The summed E-state index contributed by atoms with van der Waals surface area (Å²) in [6.45, 7) is 0. The molecule has 0 aliphatic heterocycles. The molecular formula is C17H23N5O. The van der Waals surface area contributed by atoms with Gasteiger partial charge in [-0.1, -0.05) is 0 Å². The molecule has 2 aromatic rings. The largest absolute Gasteiger partial charge is 0.353 e. The first kappa shape index (κ1) is 14.5. The maximum absolute atomic E-state index is 12.2. The minimum absolute atomic E-state index is 0.130. The van der Waals surface area contributed by atoms with Crippen molar-refractivity contribution in [1.82, 2.24) is 25.7 Å². The molecule has 2 aromatic heterocycles. The average Bonchev–Trinajstić information content (AvgIpc) is 3.19. The van der Waals surface area contributed by atoms with Crippen LogP contribution in [0.4, 0.5) is 0 Å². The van der Waals surface area contributed by atoms with Crippen LogP contribution in [-0.2, 0) is 36.9 Å². The van der Waals surface area contributed by atoms with Gasteiger partial charge in [-0.2, -0.15) is 10.2 Å². The van der Waals surface area contributed by atoms with Crippen molar-refractivity contribution in [2.24, 2.45) is 0 Å². The lowest BCUT2D eigenvalue weighted by Crippen LogP contribution is -2.38. The molecule has 6 heteroatoms. The predicted molar refractivity (Wildman–Crippen MR) is 86.1 cm³/mol. The van der Waals surface area contributed by atoms with Crippen molar-refractivity contribution in [3.63, 3.8) is 0 Å². The Bertz CT molecular complexity index is 702. The molecule has 1 unspecified atom stereocenters. The Morgan fingerprint density at radius 1 is 1.22 bits per heavy atom. The van der Waals surface area contributed by atoms with Gasteiger partial charge in [0.15, 0.2) is 0 Å². The Hall–Kier alpha value is -2.11. The van der Waals surface area contributed by atoms with Gasteiger partial charge in [0.25, 0.3) is 0 Å². The Kier molecular flexibility index (Phi) is 3.89. The summed E-state index contributed by atoms with van der Waals surface area (Å²) in [6.07, 6.45) is 10.7. The number of amides is 1. The molecule has 1 atom stereocenters. The highest BCUT2D eigenvalue weighted by Gasteiger charge is 2.22. The zero-order valence-corrected chi connectivity index (χ0v) is 13.3. The van der Waals surface area contributed by atoms with Crippen molar-refractivity contribution in [3.8, 4) is 0 Å². The lowest BCUT2D eigenvalue weighted by molar-refractivity contribution is -0.121. The van der Waals surface area contributed by atoms with E-state index in [1.807, 2.05) is 6.20 Å². The van der Waals surface area contributed by atoms with Crippen LogP contribution in [0.15, 0.2) is 6.20 Å². The molecule has 0 aromatic carbocycles. The zero-order valence-electron chi connectivity index (χ0n) is 13.3. The standard InChI is InChI=1S/C17H23N5O/c23-17(19-12-6-5-11-10-18-20-16(11)9-12)8-7-15-13-3-1-2-4-14(13)21-22-15/h10,12H,1-9H2,(H,18,20)(H,19,23)(H,21,22). The third-order valence-electron chi connectivity index (χ3n) is 5.12. The van der Waals surface area contributed by atoms with Crippen LogP contribution in [0.2, 0.25) is 0 Å². The summed E-state index contributed by atoms with van der Waals surface area (Å²) in [7, 11) is 0. The summed E-state index contributed by atoms with van der Waals surface area (Å²) in [5, 5.41) is 17.8. The Morgan fingerprint density at radius 2 is 2.13 bits per heavy atom. The highest BCUT2D eigenvalue weighted by Crippen LogP contribution is 2.23. The van der Waals surface area contributed by atoms with Crippen LogP contribution >= 0.6 is 0 Å². The van der Waals surface area contributed by atoms with Crippen LogP contribution in [0.3, 0.4) is 0 Å². The van der Waals surface area contributed by atoms with Crippen LogP contribution in [0.1, 0.15) is 53.9 Å². The number of aromatic nitrogens is 4. The van der Waals surface area contributed by atoms with Crippen LogP contribution < -0.4 is 5.32 Å². The van der Waals surface area contributed by atoms with Crippen molar-refractivity contribution in [2.75, 3.05) is 0 Å². The molecule has 6 nitrogen and oxygen atoms in total. The topological polar surface area (TPSA) is 86.5 Å². The van der Waals surface area contributed by atoms with Crippen LogP contribution in [0.25, 0.3) is 0 Å². The van der Waals surface area contributed by atoms with E-state index in [2.05, 4.69) is 25.7 Å². The summed E-state index contributed by atoms with van der Waals surface area (Å²) in [6, 6.07) is 0.226. The molecule has 1 amide bonds. The smallest absolute Gasteiger partial charge is 0.220 e. The van der Waals surface area contributed by atoms with Gasteiger partial charge < -0.3 is 5.32 Å². The number of aromatic amines is 2. The fraction of sp³-hybridized carbons (Fsp3) is 0.588. The third kappa shape index (κ3) is 3.02. The van der Waals surface area contributed by atoms with E-state index in [-0.39, 0.29) is 11.9 Å².